The average molecular weight is 254 g/mol. The van der Waals surface area contributed by atoms with E-state index in [0.29, 0.717) is 6.61 Å². The van der Waals surface area contributed by atoms with Gasteiger partial charge in [0.1, 0.15) is 6.61 Å². The fourth-order valence-electron chi connectivity index (χ4n) is 2.03. The summed E-state index contributed by atoms with van der Waals surface area (Å²) in [4.78, 5) is 0. The Kier molecular flexibility index (Phi) is 9.92. The molecule has 3 nitrogen and oxygen atoms in total. The van der Waals surface area contributed by atoms with E-state index in [9.17, 15) is 0 Å². The molecular weight excluding hydrogens is 228 g/mol. The number of rotatable bonds is 10. The highest BCUT2D eigenvalue weighted by Crippen LogP contribution is 2.14. The summed E-state index contributed by atoms with van der Waals surface area (Å²) >= 11 is 0. The molecule has 0 saturated carbocycles. The lowest BCUT2D eigenvalue weighted by Gasteiger charge is -2.22. The zero-order valence-electron chi connectivity index (χ0n) is 11.4. The van der Waals surface area contributed by atoms with Gasteiger partial charge in [0.25, 0.3) is 0 Å². The monoisotopic (exact) mass is 254 g/mol. The van der Waals surface area contributed by atoms with Crippen LogP contribution >= 0.6 is 0 Å². The third kappa shape index (κ3) is 8.52. The van der Waals surface area contributed by atoms with E-state index in [2.05, 4.69) is 5.92 Å². The van der Waals surface area contributed by atoms with E-state index in [1.54, 1.807) is 0 Å². The molecule has 1 saturated heterocycles. The number of unbranched alkanes of at least 4 members (excludes halogenated alkanes) is 4. The van der Waals surface area contributed by atoms with Crippen LogP contribution < -0.4 is 0 Å². The number of hydrogen-bond donors (Lipinski definition) is 0. The molecule has 0 aromatic heterocycles. The first-order valence-electron chi connectivity index (χ1n) is 7.18. The van der Waals surface area contributed by atoms with Crippen LogP contribution in [0.5, 0.6) is 0 Å². The van der Waals surface area contributed by atoms with Gasteiger partial charge in [-0.1, -0.05) is 25.2 Å². The van der Waals surface area contributed by atoms with Gasteiger partial charge in [-0.3, -0.25) is 0 Å². The Labute approximate surface area is 111 Å². The van der Waals surface area contributed by atoms with Crippen LogP contribution in [0.4, 0.5) is 0 Å². The summed E-state index contributed by atoms with van der Waals surface area (Å²) in [6.45, 7) is 2.92. The summed E-state index contributed by atoms with van der Waals surface area (Å²) in [6.07, 6.45) is 14.6. The number of hydrogen-bond acceptors (Lipinski definition) is 3. The van der Waals surface area contributed by atoms with Gasteiger partial charge in [-0.25, -0.2) is 0 Å². The summed E-state index contributed by atoms with van der Waals surface area (Å²) in [5, 5.41) is 0. The quantitative estimate of drug-likeness (QED) is 0.443. The van der Waals surface area contributed by atoms with E-state index in [0.717, 1.165) is 39.1 Å². The molecule has 1 aliphatic heterocycles. The molecule has 1 heterocycles. The van der Waals surface area contributed by atoms with Crippen LogP contribution in [-0.4, -0.2) is 32.7 Å². The van der Waals surface area contributed by atoms with Crippen molar-refractivity contribution in [1.29, 1.82) is 0 Å². The first-order chi connectivity index (χ1) is 8.93. The van der Waals surface area contributed by atoms with Gasteiger partial charge in [0.05, 0.1) is 0 Å². The van der Waals surface area contributed by atoms with Crippen molar-refractivity contribution in [2.24, 2.45) is 0 Å². The number of ether oxygens (including phenoxy) is 3. The highest BCUT2D eigenvalue weighted by atomic mass is 16.7. The first-order valence-corrected chi connectivity index (χ1v) is 7.18. The van der Waals surface area contributed by atoms with Crippen molar-refractivity contribution in [2.75, 3.05) is 26.4 Å². The maximum Gasteiger partial charge on any atom is 0.157 e. The highest BCUT2D eigenvalue weighted by Gasteiger charge is 2.13. The SMILES string of the molecule is C#CCOCCCCCCCOC1CCCCO1. The highest BCUT2D eigenvalue weighted by molar-refractivity contribution is 4.82. The topological polar surface area (TPSA) is 27.7 Å². The summed E-state index contributed by atoms with van der Waals surface area (Å²) in [5.41, 5.74) is 0. The van der Waals surface area contributed by atoms with Crippen molar-refractivity contribution in [3.05, 3.63) is 0 Å². The molecule has 1 atom stereocenters. The molecular formula is C15H26O3. The molecule has 1 rings (SSSR count). The van der Waals surface area contributed by atoms with E-state index in [1.807, 2.05) is 0 Å². The van der Waals surface area contributed by atoms with Crippen molar-refractivity contribution < 1.29 is 14.2 Å². The fraction of sp³-hybridized carbons (Fsp3) is 0.867. The second kappa shape index (κ2) is 11.5. The standard InChI is InChI=1S/C15H26O3/c1-2-11-16-12-7-4-3-5-8-13-17-15-10-6-9-14-18-15/h1,15H,3-14H2. The second-order valence-corrected chi connectivity index (χ2v) is 4.69. The van der Waals surface area contributed by atoms with Crippen LogP contribution in [0.2, 0.25) is 0 Å². The molecule has 0 aromatic rings. The smallest absolute Gasteiger partial charge is 0.157 e. The minimum Gasteiger partial charge on any atom is -0.369 e. The van der Waals surface area contributed by atoms with Gasteiger partial charge >= 0.3 is 0 Å². The summed E-state index contributed by atoms with van der Waals surface area (Å²) in [6, 6.07) is 0. The third-order valence-corrected chi connectivity index (χ3v) is 3.06. The molecule has 0 amide bonds. The minimum absolute atomic E-state index is 0.0657. The van der Waals surface area contributed by atoms with E-state index in [4.69, 9.17) is 20.6 Å². The van der Waals surface area contributed by atoms with Crippen LogP contribution in [0.25, 0.3) is 0 Å². The normalized spacial score (nSPS) is 19.6. The van der Waals surface area contributed by atoms with Crippen molar-refractivity contribution in [1.82, 2.24) is 0 Å². The summed E-state index contributed by atoms with van der Waals surface area (Å²) < 4.78 is 16.4. The van der Waals surface area contributed by atoms with Gasteiger partial charge in [0, 0.05) is 19.8 Å². The lowest BCUT2D eigenvalue weighted by atomic mass is 10.1. The predicted molar refractivity (Wildman–Crippen MR) is 72.3 cm³/mol. The van der Waals surface area contributed by atoms with E-state index < -0.39 is 0 Å². The molecule has 3 heteroatoms. The molecule has 1 unspecified atom stereocenters. The van der Waals surface area contributed by atoms with Gasteiger partial charge in [-0.2, -0.15) is 0 Å². The molecule has 1 aliphatic rings. The third-order valence-electron chi connectivity index (χ3n) is 3.06. The Morgan fingerprint density at radius 2 is 1.83 bits per heavy atom. The van der Waals surface area contributed by atoms with Crippen LogP contribution in [0.15, 0.2) is 0 Å². The fourth-order valence-corrected chi connectivity index (χ4v) is 2.03. The second-order valence-electron chi connectivity index (χ2n) is 4.69. The van der Waals surface area contributed by atoms with Crippen molar-refractivity contribution >= 4 is 0 Å². The van der Waals surface area contributed by atoms with Crippen LogP contribution in [0.1, 0.15) is 51.4 Å². The molecule has 0 radical (unpaired) electrons. The molecule has 0 aromatic carbocycles. The minimum atomic E-state index is 0.0657. The van der Waals surface area contributed by atoms with Gasteiger partial charge in [0.2, 0.25) is 0 Å². The van der Waals surface area contributed by atoms with Crippen LogP contribution in [0, 0.1) is 12.3 Å². The van der Waals surface area contributed by atoms with Gasteiger partial charge in [-0.05, 0) is 32.1 Å². The van der Waals surface area contributed by atoms with E-state index >= 15 is 0 Å². The molecule has 0 aliphatic carbocycles. The van der Waals surface area contributed by atoms with Crippen molar-refractivity contribution in [2.45, 2.75) is 57.7 Å². The molecule has 0 spiro atoms. The maximum absolute atomic E-state index is 5.67. The van der Waals surface area contributed by atoms with Crippen molar-refractivity contribution in [3.63, 3.8) is 0 Å². The van der Waals surface area contributed by atoms with Gasteiger partial charge in [-0.15, -0.1) is 6.42 Å². The summed E-state index contributed by atoms with van der Waals surface area (Å²) in [7, 11) is 0. The summed E-state index contributed by atoms with van der Waals surface area (Å²) in [5.74, 6) is 2.47. The Hall–Kier alpha value is -0.560. The van der Waals surface area contributed by atoms with Gasteiger partial charge in [0.15, 0.2) is 6.29 Å². The molecule has 0 bridgehead atoms. The van der Waals surface area contributed by atoms with E-state index in [-0.39, 0.29) is 6.29 Å². The number of terminal acetylenes is 1. The Balaban J connectivity index is 1.74. The Morgan fingerprint density at radius 1 is 1.06 bits per heavy atom. The lowest BCUT2D eigenvalue weighted by Crippen LogP contribution is -2.22. The Morgan fingerprint density at radius 3 is 2.56 bits per heavy atom. The largest absolute Gasteiger partial charge is 0.369 e. The van der Waals surface area contributed by atoms with Crippen LogP contribution in [0.3, 0.4) is 0 Å². The zero-order valence-corrected chi connectivity index (χ0v) is 11.4. The lowest BCUT2D eigenvalue weighted by molar-refractivity contribution is -0.162. The van der Waals surface area contributed by atoms with Crippen molar-refractivity contribution in [3.8, 4) is 12.3 Å². The first kappa shape index (κ1) is 15.5. The molecule has 104 valence electrons. The molecule has 1 fully saturated rings. The van der Waals surface area contributed by atoms with Crippen LogP contribution in [-0.2, 0) is 14.2 Å². The zero-order chi connectivity index (χ0) is 12.9. The molecule has 18 heavy (non-hydrogen) atoms. The maximum atomic E-state index is 5.67. The predicted octanol–water partition coefficient (Wildman–Crippen LogP) is 3.13. The van der Waals surface area contributed by atoms with Gasteiger partial charge < -0.3 is 14.2 Å². The average Bonchev–Trinajstić information content (AvgIpc) is 2.42. The molecule has 0 N–H and O–H groups in total. The van der Waals surface area contributed by atoms with E-state index in [1.165, 1.54) is 32.1 Å². The Bertz CT molecular complexity index is 216.